The van der Waals surface area contributed by atoms with Crippen molar-refractivity contribution in [1.29, 1.82) is 0 Å². The van der Waals surface area contributed by atoms with Gasteiger partial charge in [-0.3, -0.25) is 4.98 Å². The van der Waals surface area contributed by atoms with Gasteiger partial charge >= 0.3 is 6.18 Å². The molecular formula is C14H13F3N2O. The molecule has 20 heavy (non-hydrogen) atoms. The second-order valence-corrected chi connectivity index (χ2v) is 4.38. The number of hydrogen-bond acceptors (Lipinski definition) is 3. The average molecular weight is 282 g/mol. The zero-order chi connectivity index (χ0) is 14.8. The molecule has 1 heterocycles. The molecule has 1 aromatic carbocycles. The maximum atomic E-state index is 12.9. The van der Waals surface area contributed by atoms with Crippen LogP contribution in [-0.4, -0.2) is 10.1 Å². The second kappa shape index (κ2) is 5.50. The molecule has 0 aliphatic heterocycles. The summed E-state index contributed by atoms with van der Waals surface area (Å²) in [5, 5.41) is 10.1. The molecule has 0 amide bonds. The van der Waals surface area contributed by atoms with Gasteiger partial charge in [0.2, 0.25) is 0 Å². The summed E-state index contributed by atoms with van der Waals surface area (Å²) in [7, 11) is 0. The summed E-state index contributed by atoms with van der Waals surface area (Å²) in [6.07, 6.45) is -2.90. The Morgan fingerprint density at radius 3 is 2.55 bits per heavy atom. The van der Waals surface area contributed by atoms with E-state index >= 15 is 0 Å². The lowest BCUT2D eigenvalue weighted by atomic mass is 9.97. The number of aliphatic hydroxyl groups is 1. The monoisotopic (exact) mass is 282 g/mol. The van der Waals surface area contributed by atoms with E-state index in [0.29, 0.717) is 11.3 Å². The molecule has 1 unspecified atom stereocenters. The molecule has 0 aliphatic carbocycles. The van der Waals surface area contributed by atoms with Crippen molar-refractivity contribution in [3.05, 3.63) is 59.4 Å². The van der Waals surface area contributed by atoms with Crippen molar-refractivity contribution in [2.24, 2.45) is 0 Å². The third-order valence-corrected chi connectivity index (χ3v) is 2.98. The number of halogens is 3. The first-order valence-corrected chi connectivity index (χ1v) is 5.92. The number of nitrogens with two attached hydrogens (primary N) is 1. The molecule has 2 rings (SSSR count). The number of anilines is 1. The van der Waals surface area contributed by atoms with E-state index in [2.05, 4.69) is 4.98 Å². The molecule has 6 heteroatoms. The zero-order valence-corrected chi connectivity index (χ0v) is 10.4. The molecule has 106 valence electrons. The lowest BCUT2D eigenvalue weighted by Gasteiger charge is -2.18. The number of pyridine rings is 1. The molecule has 0 radical (unpaired) electrons. The summed E-state index contributed by atoms with van der Waals surface area (Å²) >= 11 is 0. The fourth-order valence-electron chi connectivity index (χ4n) is 1.97. The van der Waals surface area contributed by atoms with Crippen LogP contribution in [-0.2, 0) is 12.6 Å². The number of rotatable bonds is 3. The van der Waals surface area contributed by atoms with Gasteiger partial charge in [-0.05, 0) is 23.3 Å². The normalized spacial score (nSPS) is 13.2. The molecule has 0 saturated heterocycles. The van der Waals surface area contributed by atoms with Gasteiger partial charge in [-0.1, -0.05) is 18.2 Å². The van der Waals surface area contributed by atoms with Crippen LogP contribution in [0.4, 0.5) is 18.9 Å². The van der Waals surface area contributed by atoms with Crippen molar-refractivity contribution in [1.82, 2.24) is 4.98 Å². The number of benzene rings is 1. The van der Waals surface area contributed by atoms with E-state index in [1.165, 1.54) is 36.7 Å². The standard InChI is InChI=1S/C14H13F3N2O/c15-14(16,17)11-4-2-1-3-10(11)13(20)7-9-8-19-6-5-12(9)18/h1-6,8,13,20H,7H2,(H2,18,19). The third kappa shape index (κ3) is 3.08. The molecule has 3 N–H and O–H groups in total. The molecule has 0 spiro atoms. The van der Waals surface area contributed by atoms with Gasteiger partial charge in [0.15, 0.2) is 0 Å². The highest BCUT2D eigenvalue weighted by molar-refractivity contribution is 5.45. The van der Waals surface area contributed by atoms with Crippen molar-refractivity contribution in [3.8, 4) is 0 Å². The minimum atomic E-state index is -4.50. The van der Waals surface area contributed by atoms with Crippen LogP contribution in [0.15, 0.2) is 42.7 Å². The third-order valence-electron chi connectivity index (χ3n) is 2.98. The van der Waals surface area contributed by atoms with E-state index in [9.17, 15) is 18.3 Å². The summed E-state index contributed by atoms with van der Waals surface area (Å²) in [4.78, 5) is 3.85. The Labute approximate surface area is 113 Å². The van der Waals surface area contributed by atoms with Crippen LogP contribution in [0.2, 0.25) is 0 Å². The Balaban J connectivity index is 2.31. The maximum absolute atomic E-state index is 12.9. The minimum Gasteiger partial charge on any atom is -0.398 e. The molecule has 1 aromatic heterocycles. The Morgan fingerprint density at radius 2 is 1.90 bits per heavy atom. The van der Waals surface area contributed by atoms with E-state index in [-0.39, 0.29) is 12.0 Å². The summed E-state index contributed by atoms with van der Waals surface area (Å²) in [6.45, 7) is 0. The highest BCUT2D eigenvalue weighted by Crippen LogP contribution is 2.35. The van der Waals surface area contributed by atoms with Crippen molar-refractivity contribution >= 4 is 5.69 Å². The quantitative estimate of drug-likeness (QED) is 0.910. The van der Waals surface area contributed by atoms with Gasteiger partial charge in [-0.15, -0.1) is 0 Å². The van der Waals surface area contributed by atoms with E-state index in [0.717, 1.165) is 6.07 Å². The zero-order valence-electron chi connectivity index (χ0n) is 10.4. The molecule has 0 bridgehead atoms. The molecule has 2 aromatic rings. The number of aromatic nitrogens is 1. The lowest BCUT2D eigenvalue weighted by molar-refractivity contribution is -0.139. The van der Waals surface area contributed by atoms with Crippen LogP contribution in [0.25, 0.3) is 0 Å². The number of aliphatic hydroxyl groups excluding tert-OH is 1. The van der Waals surface area contributed by atoms with Crippen LogP contribution in [0.3, 0.4) is 0 Å². The van der Waals surface area contributed by atoms with Crippen LogP contribution in [0, 0.1) is 0 Å². The first-order chi connectivity index (χ1) is 9.39. The predicted octanol–water partition coefficient (Wildman–Crippen LogP) is 2.96. The highest BCUT2D eigenvalue weighted by atomic mass is 19.4. The van der Waals surface area contributed by atoms with E-state index in [1.54, 1.807) is 0 Å². The van der Waals surface area contributed by atoms with Gasteiger partial charge in [-0.25, -0.2) is 0 Å². The van der Waals surface area contributed by atoms with Gasteiger partial charge < -0.3 is 10.8 Å². The Hall–Kier alpha value is -2.08. The number of hydrogen-bond donors (Lipinski definition) is 2. The van der Waals surface area contributed by atoms with Gasteiger partial charge in [0, 0.05) is 24.5 Å². The van der Waals surface area contributed by atoms with Crippen molar-refractivity contribution in [2.45, 2.75) is 18.7 Å². The predicted molar refractivity (Wildman–Crippen MR) is 68.8 cm³/mol. The van der Waals surface area contributed by atoms with Crippen molar-refractivity contribution in [3.63, 3.8) is 0 Å². The largest absolute Gasteiger partial charge is 0.416 e. The fourth-order valence-corrected chi connectivity index (χ4v) is 1.97. The highest BCUT2D eigenvalue weighted by Gasteiger charge is 2.34. The average Bonchev–Trinajstić information content (AvgIpc) is 2.40. The summed E-state index contributed by atoms with van der Waals surface area (Å²) < 4.78 is 38.6. The lowest BCUT2D eigenvalue weighted by Crippen LogP contribution is -2.13. The smallest absolute Gasteiger partial charge is 0.398 e. The molecule has 1 atom stereocenters. The Kier molecular flexibility index (Phi) is 3.94. The van der Waals surface area contributed by atoms with Crippen LogP contribution in [0.5, 0.6) is 0 Å². The van der Waals surface area contributed by atoms with Crippen molar-refractivity contribution in [2.75, 3.05) is 5.73 Å². The second-order valence-electron chi connectivity index (χ2n) is 4.38. The first kappa shape index (κ1) is 14.3. The molecule has 0 fully saturated rings. The first-order valence-electron chi connectivity index (χ1n) is 5.92. The van der Waals surface area contributed by atoms with Crippen LogP contribution in [0.1, 0.15) is 22.8 Å². The van der Waals surface area contributed by atoms with Gasteiger partial charge in [0.25, 0.3) is 0 Å². The molecular weight excluding hydrogens is 269 g/mol. The fraction of sp³-hybridized carbons (Fsp3) is 0.214. The van der Waals surface area contributed by atoms with Gasteiger partial charge in [0.1, 0.15) is 0 Å². The summed E-state index contributed by atoms with van der Waals surface area (Å²) in [5.74, 6) is 0. The number of nitrogens with zero attached hydrogens (tertiary/aromatic N) is 1. The maximum Gasteiger partial charge on any atom is 0.416 e. The molecule has 0 saturated carbocycles. The van der Waals surface area contributed by atoms with Crippen LogP contribution >= 0.6 is 0 Å². The number of nitrogen functional groups attached to an aromatic ring is 1. The molecule has 0 aliphatic rings. The number of alkyl halides is 3. The SMILES string of the molecule is Nc1ccncc1CC(O)c1ccccc1C(F)(F)F. The topological polar surface area (TPSA) is 59.1 Å². The summed E-state index contributed by atoms with van der Waals surface area (Å²) in [6, 6.07) is 6.50. The Bertz CT molecular complexity index is 599. The van der Waals surface area contributed by atoms with Crippen molar-refractivity contribution < 1.29 is 18.3 Å². The molecule has 3 nitrogen and oxygen atoms in total. The Morgan fingerprint density at radius 1 is 1.20 bits per heavy atom. The van der Waals surface area contributed by atoms with E-state index in [1.807, 2.05) is 0 Å². The van der Waals surface area contributed by atoms with Gasteiger partial charge in [-0.2, -0.15) is 13.2 Å². The van der Waals surface area contributed by atoms with Crippen LogP contribution < -0.4 is 5.73 Å². The van der Waals surface area contributed by atoms with Gasteiger partial charge in [0.05, 0.1) is 11.7 Å². The van der Waals surface area contributed by atoms with E-state index < -0.39 is 17.8 Å². The minimum absolute atomic E-state index is 0.0211. The van der Waals surface area contributed by atoms with E-state index in [4.69, 9.17) is 5.73 Å². The summed E-state index contributed by atoms with van der Waals surface area (Å²) in [5.41, 5.74) is 5.60.